The summed E-state index contributed by atoms with van der Waals surface area (Å²) in [6, 6.07) is 15.3. The highest BCUT2D eigenvalue weighted by molar-refractivity contribution is 5.87. The molecule has 3 aliphatic rings. The number of imidazole rings is 2. The molecule has 0 unspecified atom stereocenters. The van der Waals surface area contributed by atoms with E-state index in [0.717, 1.165) is 75.8 Å². The van der Waals surface area contributed by atoms with E-state index in [4.69, 9.17) is 14.7 Å². The maximum Gasteiger partial charge on any atom is 0.407 e. The lowest BCUT2D eigenvalue weighted by Gasteiger charge is -2.34. The number of nitrogens with one attached hydrogen (secondary N) is 3. The van der Waals surface area contributed by atoms with Crippen LogP contribution in [0.3, 0.4) is 0 Å². The van der Waals surface area contributed by atoms with E-state index in [-0.39, 0.29) is 59.0 Å². The Balaban J connectivity index is 1.11. The van der Waals surface area contributed by atoms with E-state index in [1.165, 1.54) is 14.2 Å². The van der Waals surface area contributed by atoms with Crippen molar-refractivity contribution in [2.75, 3.05) is 32.1 Å². The number of aromatic nitrogens is 4. The minimum absolute atomic E-state index is 0.152. The Labute approximate surface area is 385 Å². The summed E-state index contributed by atoms with van der Waals surface area (Å²) in [5, 5.41) is 12.5. The smallest absolute Gasteiger partial charge is 0.407 e. The number of benzene rings is 3. The van der Waals surface area contributed by atoms with E-state index < -0.39 is 24.3 Å². The molecule has 352 valence electrons. The van der Waals surface area contributed by atoms with Gasteiger partial charge in [-0.3, -0.25) is 14.5 Å². The van der Waals surface area contributed by atoms with Crippen LogP contribution in [0.4, 0.5) is 19.7 Å². The SMILES string of the molecule is COC(=O)N[C@H](C(=O)N1CCC[C@H]1c1nc2ccc([C@H]3CC[C@H](c4ccc5nc([C@@H]6CCCN6C(=O)[C@H](C(C)C)N(C)C(=O)O)[nH]c5c4)N3c3ccc(C(C)(C)C)cc3F)cc2[nH]1)C(C)C. The summed E-state index contributed by atoms with van der Waals surface area (Å²) in [6.45, 7) is 14.8. The number of H-pyrrole nitrogens is 2. The number of likely N-dealkylation sites (N-methyl/N-ethyl adjacent to an activating group) is 1. The van der Waals surface area contributed by atoms with E-state index in [0.29, 0.717) is 36.8 Å². The van der Waals surface area contributed by atoms with E-state index in [1.807, 2.05) is 52.0 Å². The van der Waals surface area contributed by atoms with Gasteiger partial charge in [-0.2, -0.15) is 0 Å². The van der Waals surface area contributed by atoms with Gasteiger partial charge in [-0.25, -0.2) is 23.9 Å². The molecule has 8 rings (SSSR count). The Morgan fingerprint density at radius 2 is 1.30 bits per heavy atom. The van der Waals surface area contributed by atoms with Crippen LogP contribution in [-0.4, -0.2) is 103 Å². The van der Waals surface area contributed by atoms with Crippen LogP contribution in [0.5, 0.6) is 0 Å². The molecule has 3 aliphatic heterocycles. The maximum atomic E-state index is 16.7. The number of rotatable bonds is 11. The van der Waals surface area contributed by atoms with Gasteiger partial charge in [0.15, 0.2) is 0 Å². The Morgan fingerprint density at radius 3 is 1.76 bits per heavy atom. The first kappa shape index (κ1) is 46.3. The largest absolute Gasteiger partial charge is 0.465 e. The number of carboxylic acid groups (broad SMARTS) is 1. The van der Waals surface area contributed by atoms with Gasteiger partial charge in [-0.1, -0.05) is 66.7 Å². The van der Waals surface area contributed by atoms with Crippen molar-refractivity contribution in [2.45, 2.75) is 129 Å². The lowest BCUT2D eigenvalue weighted by Crippen LogP contribution is -2.51. The number of hydrogen-bond donors (Lipinski definition) is 4. The van der Waals surface area contributed by atoms with Crippen LogP contribution in [0.25, 0.3) is 22.1 Å². The molecule has 4 N–H and O–H groups in total. The molecule has 15 nitrogen and oxygen atoms in total. The van der Waals surface area contributed by atoms with Crippen LogP contribution in [0, 0.1) is 17.7 Å². The van der Waals surface area contributed by atoms with E-state index in [2.05, 4.69) is 65.2 Å². The fourth-order valence-electron chi connectivity index (χ4n) is 10.5. The second-order valence-electron chi connectivity index (χ2n) is 20.0. The van der Waals surface area contributed by atoms with Crippen molar-refractivity contribution in [1.82, 2.24) is 40.0 Å². The molecule has 66 heavy (non-hydrogen) atoms. The number of carbonyl (C=O) groups excluding carboxylic acids is 3. The van der Waals surface area contributed by atoms with E-state index >= 15 is 4.39 Å². The van der Waals surface area contributed by atoms with Gasteiger partial charge >= 0.3 is 12.2 Å². The summed E-state index contributed by atoms with van der Waals surface area (Å²) in [4.78, 5) is 75.8. The second kappa shape index (κ2) is 18.2. The van der Waals surface area contributed by atoms with Crippen LogP contribution in [0.2, 0.25) is 0 Å². The predicted molar refractivity (Wildman–Crippen MR) is 250 cm³/mol. The maximum absolute atomic E-state index is 16.7. The van der Waals surface area contributed by atoms with Gasteiger partial charge < -0.3 is 39.8 Å². The van der Waals surface area contributed by atoms with E-state index in [1.54, 1.807) is 15.9 Å². The third-order valence-corrected chi connectivity index (χ3v) is 14.0. The molecule has 2 aromatic heterocycles. The lowest BCUT2D eigenvalue weighted by molar-refractivity contribution is -0.138. The van der Waals surface area contributed by atoms with Crippen LogP contribution in [0.1, 0.15) is 139 Å². The molecule has 3 saturated heterocycles. The first-order valence-electron chi connectivity index (χ1n) is 23.3. The highest BCUT2D eigenvalue weighted by atomic mass is 19.1. The highest BCUT2D eigenvalue weighted by Crippen LogP contribution is 2.49. The number of aromatic amines is 2. The number of anilines is 1. The second-order valence-corrected chi connectivity index (χ2v) is 20.0. The Bertz CT molecular complexity index is 2640. The van der Waals surface area contributed by atoms with Gasteiger partial charge in [-0.05, 0) is 109 Å². The van der Waals surface area contributed by atoms with Crippen molar-refractivity contribution in [3.05, 3.63) is 88.8 Å². The van der Waals surface area contributed by atoms with Gasteiger partial charge in [-0.15, -0.1) is 0 Å². The third kappa shape index (κ3) is 8.78. The zero-order valence-electron chi connectivity index (χ0n) is 39.5. The average molecular weight is 906 g/mol. The standard InChI is InChI=1S/C50H64FN9O6/c1-27(2)42(56-48(63)66-9)46(61)58-22-10-12-40(58)44-52-33-17-14-29(24-35(33)54-44)37-20-21-38(60(37)39-19-16-31(26-32(39)51)50(5,6)7)30-15-18-34-36(25-30)55-45(53-34)41-13-11-23-59(41)47(62)43(28(3)4)57(8)49(64)65/h14-19,24-28,37-38,40-43H,10-13,20-23H2,1-9H3,(H,52,54)(H,53,55)(H,56,63)(H,64,65)/t37-,38-,40+,41+,42+,43+/m1/s1. The van der Waals surface area contributed by atoms with Gasteiger partial charge in [0.25, 0.3) is 0 Å². The fourth-order valence-corrected chi connectivity index (χ4v) is 10.5. The van der Waals surface area contributed by atoms with Crippen LogP contribution in [-0.2, 0) is 19.7 Å². The average Bonchev–Trinajstić information content (AvgIpc) is 4.13. The lowest BCUT2D eigenvalue weighted by atomic mass is 9.87. The topological polar surface area (TPSA) is 180 Å². The number of methoxy groups -OCH3 is 1. The number of hydrogen-bond acceptors (Lipinski definition) is 8. The molecule has 0 bridgehead atoms. The number of alkyl carbamates (subject to hydrolysis) is 1. The molecule has 16 heteroatoms. The third-order valence-electron chi connectivity index (χ3n) is 14.0. The number of amides is 4. The molecular formula is C50H64FN9O6. The van der Waals surface area contributed by atoms with Crippen LogP contribution >= 0.6 is 0 Å². The normalized spacial score (nSPS) is 21.1. The van der Waals surface area contributed by atoms with E-state index in [9.17, 15) is 24.3 Å². The van der Waals surface area contributed by atoms with Gasteiger partial charge in [0, 0.05) is 20.1 Å². The summed E-state index contributed by atoms with van der Waals surface area (Å²) in [5.74, 6) is 0.285. The summed E-state index contributed by atoms with van der Waals surface area (Å²) in [5.41, 5.74) is 6.32. The number of halogens is 1. The van der Waals surface area contributed by atoms with Gasteiger partial charge in [0.2, 0.25) is 11.8 Å². The molecule has 6 atom stereocenters. The number of carbonyl (C=O) groups is 4. The predicted octanol–water partition coefficient (Wildman–Crippen LogP) is 9.30. The zero-order chi connectivity index (χ0) is 47.4. The molecule has 0 spiro atoms. The summed E-state index contributed by atoms with van der Waals surface area (Å²) in [6.07, 6.45) is 2.71. The highest BCUT2D eigenvalue weighted by Gasteiger charge is 2.42. The first-order valence-corrected chi connectivity index (χ1v) is 23.3. The van der Waals surface area contributed by atoms with Gasteiger partial charge in [0.1, 0.15) is 29.5 Å². The molecule has 5 aromatic rings. The van der Waals surface area contributed by atoms with Crippen LogP contribution in [0.15, 0.2) is 54.6 Å². The molecule has 4 amide bonds. The Hall–Kier alpha value is -6.19. The van der Waals surface area contributed by atoms with Crippen LogP contribution < -0.4 is 10.2 Å². The first-order chi connectivity index (χ1) is 31.4. The summed E-state index contributed by atoms with van der Waals surface area (Å²) >= 11 is 0. The summed E-state index contributed by atoms with van der Waals surface area (Å²) < 4.78 is 21.5. The number of likely N-dealkylation sites (tertiary alicyclic amines) is 2. The van der Waals surface area contributed by atoms with Crippen molar-refractivity contribution >= 4 is 51.8 Å². The molecule has 0 saturated carbocycles. The monoisotopic (exact) mass is 905 g/mol. The summed E-state index contributed by atoms with van der Waals surface area (Å²) in [7, 11) is 2.73. The molecule has 3 aromatic carbocycles. The molecule has 0 aliphatic carbocycles. The van der Waals surface area contributed by atoms with Crippen molar-refractivity contribution in [2.24, 2.45) is 11.8 Å². The van der Waals surface area contributed by atoms with Crippen molar-refractivity contribution in [3.63, 3.8) is 0 Å². The van der Waals surface area contributed by atoms with Crippen molar-refractivity contribution in [3.8, 4) is 0 Å². The Kier molecular flexibility index (Phi) is 12.8. The van der Waals surface area contributed by atoms with Crippen molar-refractivity contribution < 1.29 is 33.4 Å². The minimum Gasteiger partial charge on any atom is -0.465 e. The number of ether oxygens (including phenoxy) is 1. The quantitative estimate of drug-likeness (QED) is 0.100. The fraction of sp³-hybridized carbons (Fsp3) is 0.520. The van der Waals surface area contributed by atoms with Gasteiger partial charge in [0.05, 0.1) is 59.0 Å². The molecule has 0 radical (unpaired) electrons. The number of fused-ring (bicyclic) bond motifs is 2. The molecule has 3 fully saturated rings. The van der Waals surface area contributed by atoms with Crippen molar-refractivity contribution in [1.29, 1.82) is 0 Å². The minimum atomic E-state index is -1.15. The number of nitrogens with zero attached hydrogens (tertiary/aromatic N) is 6. The molecule has 5 heterocycles. The zero-order valence-corrected chi connectivity index (χ0v) is 39.5. The Morgan fingerprint density at radius 1 is 0.773 bits per heavy atom. The molecular weight excluding hydrogens is 842 g/mol.